The lowest BCUT2D eigenvalue weighted by molar-refractivity contribution is 0.0211. The van der Waals surface area contributed by atoms with Gasteiger partial charge in [-0.25, -0.2) is 0 Å². The minimum Gasteiger partial charge on any atom is -0.384 e. The smallest absolute Gasteiger partial charge is 0.0521 e. The Morgan fingerprint density at radius 1 is 1.13 bits per heavy atom. The third kappa shape index (κ3) is 2.22. The third-order valence-corrected chi connectivity index (χ3v) is 4.76. The summed E-state index contributed by atoms with van der Waals surface area (Å²) in [5.74, 6) is 0.958. The number of ether oxygens (including phenoxy) is 1. The van der Waals surface area contributed by atoms with E-state index in [2.05, 4.69) is 13.8 Å². The van der Waals surface area contributed by atoms with Crippen LogP contribution >= 0.6 is 0 Å². The Kier molecular flexibility index (Phi) is 3.12. The van der Waals surface area contributed by atoms with Gasteiger partial charge in [0.1, 0.15) is 0 Å². The molecule has 0 saturated heterocycles. The van der Waals surface area contributed by atoms with E-state index in [9.17, 15) is 0 Å². The summed E-state index contributed by atoms with van der Waals surface area (Å²) in [5.41, 5.74) is 1.08. The summed E-state index contributed by atoms with van der Waals surface area (Å²) in [4.78, 5) is 0. The zero-order chi connectivity index (χ0) is 10.9. The molecule has 2 unspecified atom stereocenters. The van der Waals surface area contributed by atoms with E-state index in [0.29, 0.717) is 10.8 Å². The van der Waals surface area contributed by atoms with Gasteiger partial charge in [0.2, 0.25) is 0 Å². The second kappa shape index (κ2) is 4.08. The number of hydrogen-bond donors (Lipinski definition) is 0. The van der Waals surface area contributed by atoms with Crippen LogP contribution in [0.1, 0.15) is 58.8 Å². The number of methoxy groups -OCH3 is 1. The molecule has 0 bridgehead atoms. The van der Waals surface area contributed by atoms with Crippen molar-refractivity contribution in [2.24, 2.45) is 16.7 Å². The molecule has 2 aliphatic rings. The second-order valence-corrected chi connectivity index (χ2v) is 6.62. The quantitative estimate of drug-likeness (QED) is 0.669. The Labute approximate surface area is 94.6 Å². The topological polar surface area (TPSA) is 9.23 Å². The maximum absolute atomic E-state index is 5.53. The first-order chi connectivity index (χ1) is 7.08. The Bertz CT molecular complexity index is 221. The summed E-state index contributed by atoms with van der Waals surface area (Å²) in [7, 11) is 1.88. The van der Waals surface area contributed by atoms with Crippen LogP contribution in [-0.2, 0) is 4.74 Å². The molecule has 15 heavy (non-hydrogen) atoms. The maximum Gasteiger partial charge on any atom is 0.0521 e. The third-order valence-electron chi connectivity index (χ3n) is 4.76. The van der Waals surface area contributed by atoms with Crippen LogP contribution in [0.3, 0.4) is 0 Å². The van der Waals surface area contributed by atoms with E-state index in [1.165, 1.54) is 44.9 Å². The molecule has 1 nitrogen and oxygen atoms in total. The summed E-state index contributed by atoms with van der Waals surface area (Å²) in [5, 5.41) is 0. The zero-order valence-corrected chi connectivity index (χ0v) is 10.6. The van der Waals surface area contributed by atoms with Gasteiger partial charge in [-0.3, -0.25) is 0 Å². The summed E-state index contributed by atoms with van der Waals surface area (Å²) in [6, 6.07) is 0. The summed E-state index contributed by atoms with van der Waals surface area (Å²) in [6.07, 6.45) is 9.99. The molecular formula is C14H26O. The molecule has 2 rings (SSSR count). The van der Waals surface area contributed by atoms with Crippen molar-refractivity contribution < 1.29 is 4.74 Å². The highest BCUT2D eigenvalue weighted by Crippen LogP contribution is 2.55. The van der Waals surface area contributed by atoms with Crippen molar-refractivity contribution in [1.29, 1.82) is 0 Å². The summed E-state index contributed by atoms with van der Waals surface area (Å²) in [6.45, 7) is 5.90. The fourth-order valence-electron chi connectivity index (χ4n) is 4.29. The van der Waals surface area contributed by atoms with Gasteiger partial charge in [0.25, 0.3) is 0 Å². The largest absolute Gasteiger partial charge is 0.384 e. The molecule has 1 heteroatoms. The standard InChI is InChI=1S/C14H26O/c1-13(2)8-4-6-12-7-5-9-14(12,10-13)11-15-3/h12H,4-11H2,1-3H3. The molecule has 0 aromatic carbocycles. The summed E-state index contributed by atoms with van der Waals surface area (Å²) < 4.78 is 5.53. The molecule has 2 fully saturated rings. The van der Waals surface area contributed by atoms with Crippen LogP contribution in [0.2, 0.25) is 0 Å². The Morgan fingerprint density at radius 2 is 1.80 bits per heavy atom. The first-order valence-electron chi connectivity index (χ1n) is 6.57. The Hall–Kier alpha value is -0.0400. The lowest BCUT2D eigenvalue weighted by Crippen LogP contribution is -2.33. The molecule has 88 valence electrons. The van der Waals surface area contributed by atoms with Gasteiger partial charge in [-0.05, 0) is 48.9 Å². The highest BCUT2D eigenvalue weighted by atomic mass is 16.5. The SMILES string of the molecule is COCC12CCCC1CCCC(C)(C)C2. The van der Waals surface area contributed by atoms with Gasteiger partial charge in [0.05, 0.1) is 6.61 Å². The average molecular weight is 210 g/mol. The first kappa shape index (κ1) is 11.4. The predicted octanol–water partition coefficient (Wildman–Crippen LogP) is 4.02. The van der Waals surface area contributed by atoms with E-state index in [1.54, 1.807) is 0 Å². The molecule has 2 atom stereocenters. The van der Waals surface area contributed by atoms with Crippen molar-refractivity contribution in [3.05, 3.63) is 0 Å². The minimum absolute atomic E-state index is 0.536. The molecule has 2 saturated carbocycles. The van der Waals surface area contributed by atoms with Gasteiger partial charge in [-0.15, -0.1) is 0 Å². The van der Waals surface area contributed by atoms with E-state index in [4.69, 9.17) is 4.74 Å². The lowest BCUT2D eigenvalue weighted by Gasteiger charge is -2.38. The first-order valence-corrected chi connectivity index (χ1v) is 6.57. The van der Waals surface area contributed by atoms with Crippen molar-refractivity contribution in [2.75, 3.05) is 13.7 Å². The molecule has 0 aromatic heterocycles. The van der Waals surface area contributed by atoms with Gasteiger partial charge in [-0.1, -0.05) is 26.7 Å². The normalized spacial score (nSPS) is 39.8. The van der Waals surface area contributed by atoms with Crippen LogP contribution in [0.5, 0.6) is 0 Å². The van der Waals surface area contributed by atoms with E-state index < -0.39 is 0 Å². The van der Waals surface area contributed by atoms with E-state index in [-0.39, 0.29) is 0 Å². The summed E-state index contributed by atoms with van der Waals surface area (Å²) >= 11 is 0. The van der Waals surface area contributed by atoms with Crippen LogP contribution in [0.15, 0.2) is 0 Å². The maximum atomic E-state index is 5.53. The van der Waals surface area contributed by atoms with Crippen molar-refractivity contribution in [3.8, 4) is 0 Å². The predicted molar refractivity (Wildman–Crippen MR) is 63.9 cm³/mol. The Balaban J connectivity index is 2.19. The van der Waals surface area contributed by atoms with Gasteiger partial charge < -0.3 is 4.74 Å². The van der Waals surface area contributed by atoms with Gasteiger partial charge in [-0.2, -0.15) is 0 Å². The molecule has 0 heterocycles. The van der Waals surface area contributed by atoms with Gasteiger partial charge in [0.15, 0.2) is 0 Å². The highest BCUT2D eigenvalue weighted by Gasteiger charge is 2.47. The van der Waals surface area contributed by atoms with Crippen molar-refractivity contribution in [3.63, 3.8) is 0 Å². The van der Waals surface area contributed by atoms with Gasteiger partial charge >= 0.3 is 0 Å². The Morgan fingerprint density at radius 3 is 2.47 bits per heavy atom. The second-order valence-electron chi connectivity index (χ2n) is 6.62. The van der Waals surface area contributed by atoms with E-state index >= 15 is 0 Å². The van der Waals surface area contributed by atoms with E-state index in [1.807, 2.05) is 7.11 Å². The van der Waals surface area contributed by atoms with Crippen LogP contribution in [0.25, 0.3) is 0 Å². The minimum atomic E-state index is 0.536. The molecule has 0 radical (unpaired) electrons. The average Bonchev–Trinajstić information content (AvgIpc) is 2.43. The van der Waals surface area contributed by atoms with Crippen LogP contribution in [0.4, 0.5) is 0 Å². The molecule has 0 aromatic rings. The van der Waals surface area contributed by atoms with Crippen molar-refractivity contribution >= 4 is 0 Å². The molecule has 0 amide bonds. The lowest BCUT2D eigenvalue weighted by atomic mass is 9.69. The van der Waals surface area contributed by atoms with Gasteiger partial charge in [0, 0.05) is 7.11 Å². The van der Waals surface area contributed by atoms with Crippen molar-refractivity contribution in [2.45, 2.75) is 58.8 Å². The van der Waals surface area contributed by atoms with Crippen LogP contribution in [0, 0.1) is 16.7 Å². The molecule has 0 spiro atoms. The van der Waals surface area contributed by atoms with Crippen molar-refractivity contribution in [1.82, 2.24) is 0 Å². The van der Waals surface area contributed by atoms with Crippen LogP contribution in [-0.4, -0.2) is 13.7 Å². The number of fused-ring (bicyclic) bond motifs is 1. The number of hydrogen-bond acceptors (Lipinski definition) is 1. The molecule has 0 aliphatic heterocycles. The fourth-order valence-corrected chi connectivity index (χ4v) is 4.29. The monoisotopic (exact) mass is 210 g/mol. The van der Waals surface area contributed by atoms with E-state index in [0.717, 1.165) is 12.5 Å². The molecule has 0 N–H and O–H groups in total. The number of rotatable bonds is 2. The molecular weight excluding hydrogens is 184 g/mol. The highest BCUT2D eigenvalue weighted by molar-refractivity contribution is 4.97. The molecule has 2 aliphatic carbocycles. The zero-order valence-electron chi connectivity index (χ0n) is 10.6. The van der Waals surface area contributed by atoms with Crippen LogP contribution < -0.4 is 0 Å². The fraction of sp³-hybridized carbons (Fsp3) is 1.00.